The largest absolute Gasteiger partial charge is 0.404 e. The third-order valence-electron chi connectivity index (χ3n) is 0.823. The summed E-state index contributed by atoms with van der Waals surface area (Å²) in [6.45, 7) is 0. The Morgan fingerprint density at radius 1 is 1.78 bits per heavy atom. The molecule has 2 N–H and O–H groups in total. The third-order valence-corrected chi connectivity index (χ3v) is 0.823. The van der Waals surface area contributed by atoms with E-state index in [-0.39, 0.29) is 5.91 Å². The summed E-state index contributed by atoms with van der Waals surface area (Å²) in [6, 6.07) is 0. The highest BCUT2D eigenvalue weighted by Gasteiger charge is 1.99. The fraction of sp³-hybridized carbons (Fsp3) is 0.400. The van der Waals surface area contributed by atoms with Crippen LogP contribution in [-0.2, 0) is 9.63 Å². The fourth-order valence-corrected chi connectivity index (χ4v) is 0.277. The maximum atomic E-state index is 10.6. The Hall–Kier alpha value is -1.03. The van der Waals surface area contributed by atoms with Crippen molar-refractivity contribution >= 4 is 5.91 Å². The van der Waals surface area contributed by atoms with Crippen LogP contribution in [0.1, 0.15) is 0 Å². The molecule has 4 heteroatoms. The number of carbonyl (C=O) groups excluding carboxylic acids is 1. The van der Waals surface area contributed by atoms with Gasteiger partial charge in [-0.3, -0.25) is 9.63 Å². The fourth-order valence-electron chi connectivity index (χ4n) is 0.277. The Morgan fingerprint density at radius 3 is 2.67 bits per heavy atom. The van der Waals surface area contributed by atoms with E-state index in [0.717, 1.165) is 11.3 Å². The zero-order valence-electron chi connectivity index (χ0n) is 5.50. The second-order valence-corrected chi connectivity index (χ2v) is 1.38. The zero-order valence-corrected chi connectivity index (χ0v) is 5.50. The first kappa shape index (κ1) is 7.97. The Morgan fingerprint density at radius 2 is 2.33 bits per heavy atom. The Balaban J connectivity index is 3.73. The van der Waals surface area contributed by atoms with E-state index in [1.165, 1.54) is 20.2 Å². The van der Waals surface area contributed by atoms with Crippen LogP contribution >= 0.6 is 0 Å². The second kappa shape index (κ2) is 3.91. The van der Waals surface area contributed by atoms with Crippen molar-refractivity contribution in [1.82, 2.24) is 5.06 Å². The summed E-state index contributed by atoms with van der Waals surface area (Å²) < 4.78 is 0. The summed E-state index contributed by atoms with van der Waals surface area (Å²) in [6.07, 6.45) is 2.38. The number of nitrogens with zero attached hydrogens (tertiary/aromatic N) is 1. The molecule has 9 heavy (non-hydrogen) atoms. The summed E-state index contributed by atoms with van der Waals surface area (Å²) in [5.74, 6) is -0.278. The van der Waals surface area contributed by atoms with Crippen molar-refractivity contribution in [1.29, 1.82) is 0 Å². The molecule has 52 valence electrons. The van der Waals surface area contributed by atoms with Crippen molar-refractivity contribution < 1.29 is 9.63 Å². The smallest absolute Gasteiger partial charge is 0.271 e. The van der Waals surface area contributed by atoms with Crippen LogP contribution in [0.3, 0.4) is 0 Å². The molecular weight excluding hydrogens is 120 g/mol. The molecule has 0 atom stereocenters. The van der Waals surface area contributed by atoms with E-state index >= 15 is 0 Å². The lowest BCUT2D eigenvalue weighted by Gasteiger charge is -2.09. The maximum absolute atomic E-state index is 10.6. The van der Waals surface area contributed by atoms with Gasteiger partial charge in [-0.1, -0.05) is 0 Å². The molecule has 0 aliphatic carbocycles. The van der Waals surface area contributed by atoms with Gasteiger partial charge in [-0.25, -0.2) is 5.06 Å². The number of rotatable bonds is 2. The van der Waals surface area contributed by atoms with Gasteiger partial charge in [-0.2, -0.15) is 0 Å². The van der Waals surface area contributed by atoms with E-state index in [4.69, 9.17) is 5.73 Å². The van der Waals surface area contributed by atoms with Crippen molar-refractivity contribution in [3.8, 4) is 0 Å². The van der Waals surface area contributed by atoms with Crippen molar-refractivity contribution in [2.24, 2.45) is 5.73 Å². The number of hydroxylamine groups is 2. The van der Waals surface area contributed by atoms with Crippen LogP contribution in [0.15, 0.2) is 12.3 Å². The van der Waals surface area contributed by atoms with Crippen LogP contribution in [0.5, 0.6) is 0 Å². The number of nitrogens with two attached hydrogens (primary N) is 1. The van der Waals surface area contributed by atoms with E-state index < -0.39 is 0 Å². The molecule has 4 nitrogen and oxygen atoms in total. The first-order valence-electron chi connectivity index (χ1n) is 2.42. The molecule has 1 amide bonds. The van der Waals surface area contributed by atoms with E-state index in [2.05, 4.69) is 4.84 Å². The second-order valence-electron chi connectivity index (χ2n) is 1.38. The van der Waals surface area contributed by atoms with E-state index in [0.29, 0.717) is 0 Å². The van der Waals surface area contributed by atoms with Gasteiger partial charge in [0.05, 0.1) is 7.11 Å². The average Bonchev–Trinajstić information content (AvgIpc) is 1.87. The lowest BCUT2D eigenvalue weighted by atomic mass is 10.6. The van der Waals surface area contributed by atoms with Gasteiger partial charge in [0.2, 0.25) is 0 Å². The molecule has 0 aliphatic rings. The molecule has 0 heterocycles. The van der Waals surface area contributed by atoms with Gasteiger partial charge in [-0.05, 0) is 6.20 Å². The third kappa shape index (κ3) is 2.71. The Labute approximate surface area is 53.8 Å². The minimum atomic E-state index is -0.278. The molecule has 0 aromatic rings. The minimum absolute atomic E-state index is 0.278. The Kier molecular flexibility index (Phi) is 3.46. The Bertz CT molecular complexity index is 122. The monoisotopic (exact) mass is 130 g/mol. The molecule has 0 aromatic carbocycles. The highest BCUT2D eigenvalue weighted by Crippen LogP contribution is 1.83. The molecule has 0 bridgehead atoms. The van der Waals surface area contributed by atoms with Crippen LogP contribution in [0, 0.1) is 0 Å². The lowest BCUT2D eigenvalue weighted by Crippen LogP contribution is -2.23. The summed E-state index contributed by atoms with van der Waals surface area (Å²) >= 11 is 0. The van der Waals surface area contributed by atoms with Crippen molar-refractivity contribution in [3.63, 3.8) is 0 Å². The van der Waals surface area contributed by atoms with Crippen molar-refractivity contribution in [3.05, 3.63) is 12.3 Å². The van der Waals surface area contributed by atoms with Crippen LogP contribution in [0.25, 0.3) is 0 Å². The predicted molar refractivity (Wildman–Crippen MR) is 33.1 cm³/mol. The van der Waals surface area contributed by atoms with Crippen LogP contribution in [0.4, 0.5) is 0 Å². The lowest BCUT2D eigenvalue weighted by molar-refractivity contribution is -0.162. The standard InChI is InChI=1S/C5H10N2O2/c1-7(9-2)5(8)3-4-6/h3-4H,6H2,1-2H3/b4-3+. The van der Waals surface area contributed by atoms with E-state index in [1.54, 1.807) is 0 Å². The van der Waals surface area contributed by atoms with Gasteiger partial charge in [-0.15, -0.1) is 0 Å². The maximum Gasteiger partial charge on any atom is 0.271 e. The average molecular weight is 130 g/mol. The molecule has 0 radical (unpaired) electrons. The first-order valence-corrected chi connectivity index (χ1v) is 2.42. The van der Waals surface area contributed by atoms with Gasteiger partial charge in [0.25, 0.3) is 5.91 Å². The minimum Gasteiger partial charge on any atom is -0.404 e. The highest BCUT2D eigenvalue weighted by molar-refractivity contribution is 5.86. The molecule has 0 aromatic heterocycles. The summed E-state index contributed by atoms with van der Waals surface area (Å²) in [5.41, 5.74) is 4.94. The molecule has 0 saturated heterocycles. The molecular formula is C5H10N2O2. The van der Waals surface area contributed by atoms with Crippen LogP contribution in [0.2, 0.25) is 0 Å². The number of hydrogen-bond donors (Lipinski definition) is 1. The predicted octanol–water partition coefficient (Wildman–Crippen LogP) is -0.521. The normalized spacial score (nSPS) is 10.0. The highest BCUT2D eigenvalue weighted by atomic mass is 16.7. The zero-order chi connectivity index (χ0) is 7.28. The molecule has 0 spiro atoms. The summed E-state index contributed by atoms with van der Waals surface area (Å²) in [5, 5.41) is 1.07. The molecule has 0 aliphatic heterocycles. The number of likely N-dealkylation sites (N-methyl/N-ethyl adjacent to an activating group) is 1. The van der Waals surface area contributed by atoms with Gasteiger partial charge in [0, 0.05) is 13.1 Å². The molecule has 0 fully saturated rings. The molecule has 0 unspecified atom stereocenters. The van der Waals surface area contributed by atoms with E-state index in [1.807, 2.05) is 0 Å². The summed E-state index contributed by atoms with van der Waals surface area (Å²) in [4.78, 5) is 15.1. The van der Waals surface area contributed by atoms with Crippen LogP contribution < -0.4 is 5.73 Å². The van der Waals surface area contributed by atoms with E-state index in [9.17, 15) is 4.79 Å². The van der Waals surface area contributed by atoms with Gasteiger partial charge >= 0.3 is 0 Å². The van der Waals surface area contributed by atoms with Gasteiger partial charge in [0.15, 0.2) is 0 Å². The van der Waals surface area contributed by atoms with Crippen molar-refractivity contribution in [2.75, 3.05) is 14.2 Å². The molecule has 0 saturated carbocycles. The number of hydrogen-bond acceptors (Lipinski definition) is 3. The first-order chi connectivity index (χ1) is 4.22. The summed E-state index contributed by atoms with van der Waals surface area (Å²) in [7, 11) is 2.91. The quantitative estimate of drug-likeness (QED) is 0.404. The van der Waals surface area contributed by atoms with Crippen molar-refractivity contribution in [2.45, 2.75) is 0 Å². The number of amides is 1. The number of carbonyl (C=O) groups is 1. The van der Waals surface area contributed by atoms with Crippen LogP contribution in [-0.4, -0.2) is 25.1 Å². The van der Waals surface area contributed by atoms with Gasteiger partial charge in [0.1, 0.15) is 0 Å². The molecule has 0 rings (SSSR count). The SMILES string of the molecule is CON(C)C(=O)/C=C/N. The van der Waals surface area contributed by atoms with Gasteiger partial charge < -0.3 is 5.73 Å². The topological polar surface area (TPSA) is 55.6 Å².